The smallest absolute Gasteiger partial charge is 0.311 e. The summed E-state index contributed by atoms with van der Waals surface area (Å²) in [5.74, 6) is 1.17. The van der Waals surface area contributed by atoms with Crippen molar-refractivity contribution in [2.75, 3.05) is 52.4 Å². The van der Waals surface area contributed by atoms with Gasteiger partial charge in [-0.1, -0.05) is 25.1 Å². The normalized spacial score (nSPS) is 21.1. The third kappa shape index (κ3) is 5.92. The van der Waals surface area contributed by atoms with Crippen LogP contribution in [0.2, 0.25) is 0 Å². The van der Waals surface area contributed by atoms with Crippen LogP contribution in [-0.4, -0.2) is 76.0 Å². The van der Waals surface area contributed by atoms with Crippen LogP contribution < -0.4 is 14.2 Å². The van der Waals surface area contributed by atoms with Crippen LogP contribution in [0.25, 0.3) is 0 Å². The lowest BCUT2D eigenvalue weighted by molar-refractivity contribution is -0.149. The van der Waals surface area contributed by atoms with E-state index in [2.05, 4.69) is 4.90 Å². The van der Waals surface area contributed by atoms with E-state index in [0.29, 0.717) is 37.7 Å². The first-order chi connectivity index (χ1) is 18.3. The molecule has 2 aliphatic rings. The van der Waals surface area contributed by atoms with Crippen molar-refractivity contribution in [1.29, 1.82) is 0 Å². The van der Waals surface area contributed by atoms with E-state index in [-0.39, 0.29) is 37.1 Å². The van der Waals surface area contributed by atoms with Crippen molar-refractivity contribution < 1.29 is 32.2 Å². The monoisotopic (exact) mass is 546 g/mol. The van der Waals surface area contributed by atoms with Crippen LogP contribution in [0.4, 0.5) is 0 Å². The zero-order chi connectivity index (χ0) is 27.3. The van der Waals surface area contributed by atoms with E-state index in [1.165, 1.54) is 0 Å². The van der Waals surface area contributed by atoms with Gasteiger partial charge in [-0.05, 0) is 55.7 Å². The summed E-state index contributed by atoms with van der Waals surface area (Å²) in [6.45, 7) is 7.74. The quantitative estimate of drug-likeness (QED) is 0.371. The summed E-state index contributed by atoms with van der Waals surface area (Å²) >= 11 is 0. The van der Waals surface area contributed by atoms with E-state index in [1.807, 2.05) is 49.4 Å². The van der Waals surface area contributed by atoms with E-state index in [0.717, 1.165) is 23.3 Å². The average Bonchev–Trinajstić information content (AvgIpc) is 3.55. The van der Waals surface area contributed by atoms with Gasteiger partial charge in [-0.2, -0.15) is 0 Å². The Bertz CT molecular complexity index is 1200. The van der Waals surface area contributed by atoms with Crippen LogP contribution >= 0.6 is 0 Å². The number of nitrogens with zero attached hydrogens (tertiary/aromatic N) is 2. The van der Waals surface area contributed by atoms with Gasteiger partial charge in [0.1, 0.15) is 5.75 Å². The zero-order valence-electron chi connectivity index (χ0n) is 22.6. The van der Waals surface area contributed by atoms with Gasteiger partial charge in [0.25, 0.3) is 0 Å². The van der Waals surface area contributed by atoms with Crippen molar-refractivity contribution in [2.24, 2.45) is 5.92 Å². The minimum atomic E-state index is -3.35. The summed E-state index contributed by atoms with van der Waals surface area (Å²) in [6.07, 6.45) is 0.729. The maximum atomic E-state index is 13.5. The number of carbonyl (C=O) groups is 1. The molecule has 0 aliphatic carbocycles. The fourth-order valence-corrected chi connectivity index (χ4v) is 6.61. The molecule has 2 aliphatic heterocycles. The van der Waals surface area contributed by atoms with Crippen LogP contribution in [0, 0.1) is 5.92 Å². The molecule has 10 heteroatoms. The van der Waals surface area contributed by atoms with Crippen molar-refractivity contribution in [3.05, 3.63) is 53.6 Å². The van der Waals surface area contributed by atoms with E-state index in [1.54, 1.807) is 25.3 Å². The molecule has 2 heterocycles. The Kier molecular flexibility index (Phi) is 9.17. The second kappa shape index (κ2) is 12.4. The molecule has 208 valence electrons. The second-order valence-corrected chi connectivity index (χ2v) is 11.8. The van der Waals surface area contributed by atoms with E-state index >= 15 is 0 Å². The number of ether oxygens (including phenoxy) is 4. The van der Waals surface area contributed by atoms with Gasteiger partial charge in [0.15, 0.2) is 11.5 Å². The molecule has 1 fully saturated rings. The summed E-state index contributed by atoms with van der Waals surface area (Å²) in [6, 6.07) is 13.2. The maximum Gasteiger partial charge on any atom is 0.311 e. The number of carbonyl (C=O) groups excluding carboxylic acids is 1. The molecular weight excluding hydrogens is 508 g/mol. The third-order valence-electron chi connectivity index (χ3n) is 7.31. The van der Waals surface area contributed by atoms with Gasteiger partial charge < -0.3 is 18.9 Å². The molecule has 0 aromatic heterocycles. The van der Waals surface area contributed by atoms with Gasteiger partial charge in [-0.3, -0.25) is 9.69 Å². The maximum absolute atomic E-state index is 13.5. The second-order valence-electron chi connectivity index (χ2n) is 9.51. The summed E-state index contributed by atoms with van der Waals surface area (Å²) in [4.78, 5) is 15.7. The van der Waals surface area contributed by atoms with Gasteiger partial charge in [0.2, 0.25) is 16.8 Å². The number of sulfonamides is 1. The van der Waals surface area contributed by atoms with Gasteiger partial charge in [0.05, 0.1) is 25.4 Å². The van der Waals surface area contributed by atoms with Gasteiger partial charge >= 0.3 is 5.97 Å². The van der Waals surface area contributed by atoms with E-state index in [9.17, 15) is 13.2 Å². The number of rotatable bonds is 12. The summed E-state index contributed by atoms with van der Waals surface area (Å²) < 4.78 is 49.2. The minimum absolute atomic E-state index is 0.0557. The highest BCUT2D eigenvalue weighted by Crippen LogP contribution is 2.48. The summed E-state index contributed by atoms with van der Waals surface area (Å²) in [7, 11) is -1.73. The Balaban J connectivity index is 1.72. The molecular formula is C28H38N2O7S. The molecule has 2 aromatic rings. The van der Waals surface area contributed by atoms with Crippen molar-refractivity contribution >= 4 is 16.0 Å². The molecule has 0 radical (unpaired) electrons. The summed E-state index contributed by atoms with van der Waals surface area (Å²) in [5.41, 5.74) is 1.91. The number of methoxy groups -OCH3 is 1. The third-order valence-corrected chi connectivity index (χ3v) is 9.19. The minimum Gasteiger partial charge on any atom is -0.497 e. The number of hydrogen-bond acceptors (Lipinski definition) is 8. The highest BCUT2D eigenvalue weighted by atomic mass is 32.2. The lowest BCUT2D eigenvalue weighted by Crippen LogP contribution is -2.40. The van der Waals surface area contributed by atoms with Crippen molar-refractivity contribution in [2.45, 2.75) is 39.2 Å². The van der Waals surface area contributed by atoms with Gasteiger partial charge in [-0.25, -0.2) is 12.7 Å². The first kappa shape index (κ1) is 28.2. The fourth-order valence-electron chi connectivity index (χ4n) is 5.43. The molecule has 0 unspecified atom stereocenters. The van der Waals surface area contributed by atoms with E-state index < -0.39 is 15.9 Å². The largest absolute Gasteiger partial charge is 0.497 e. The van der Waals surface area contributed by atoms with Gasteiger partial charge in [-0.15, -0.1) is 0 Å². The van der Waals surface area contributed by atoms with Crippen LogP contribution in [0.3, 0.4) is 0 Å². The van der Waals surface area contributed by atoms with Crippen molar-refractivity contribution in [3.63, 3.8) is 0 Å². The highest BCUT2D eigenvalue weighted by Gasteiger charge is 2.48. The van der Waals surface area contributed by atoms with Crippen LogP contribution in [0.15, 0.2) is 42.5 Å². The molecule has 0 amide bonds. The Labute approximate surface area is 225 Å². The first-order valence-corrected chi connectivity index (χ1v) is 14.9. The molecule has 0 bridgehead atoms. The molecule has 0 saturated carbocycles. The zero-order valence-corrected chi connectivity index (χ0v) is 23.4. The number of esters is 1. The fraction of sp³-hybridized carbons (Fsp3) is 0.536. The number of fused-ring (bicyclic) bond motifs is 1. The topological polar surface area (TPSA) is 94.6 Å². The standard InChI is InChI=1S/C28H38N2O7S/c1-5-14-30(38(32,33)7-3)16-15-29-18-23(21-10-13-24-25(17-21)37-19-36-24)26(28(31)35-6-2)27(29)20-8-11-22(34-4)12-9-20/h8-13,17,23,26-27H,5-7,14-16,18-19H2,1-4H3/t23-,26-,27+/m1/s1. The number of hydrogen-bond donors (Lipinski definition) is 0. The molecule has 1 saturated heterocycles. The molecule has 2 aromatic carbocycles. The summed E-state index contributed by atoms with van der Waals surface area (Å²) in [5, 5.41) is 0. The average molecular weight is 547 g/mol. The van der Waals surface area contributed by atoms with Crippen molar-refractivity contribution in [1.82, 2.24) is 9.21 Å². The van der Waals surface area contributed by atoms with Crippen molar-refractivity contribution in [3.8, 4) is 17.2 Å². The Morgan fingerprint density at radius 2 is 1.74 bits per heavy atom. The lowest BCUT2D eigenvalue weighted by Gasteiger charge is -2.30. The van der Waals surface area contributed by atoms with Crippen LogP contribution in [-0.2, 0) is 19.6 Å². The molecule has 4 rings (SSSR count). The van der Waals surface area contributed by atoms with Crippen LogP contribution in [0.1, 0.15) is 50.3 Å². The molecule has 0 spiro atoms. The predicted octanol–water partition coefficient (Wildman–Crippen LogP) is 3.81. The first-order valence-electron chi connectivity index (χ1n) is 13.2. The Morgan fingerprint density at radius 3 is 2.39 bits per heavy atom. The van der Waals surface area contributed by atoms with Crippen LogP contribution in [0.5, 0.6) is 17.2 Å². The number of likely N-dealkylation sites (tertiary alicyclic amines) is 1. The lowest BCUT2D eigenvalue weighted by atomic mass is 9.82. The molecule has 38 heavy (non-hydrogen) atoms. The van der Waals surface area contributed by atoms with Gasteiger partial charge in [0, 0.05) is 38.1 Å². The molecule has 9 nitrogen and oxygen atoms in total. The number of benzene rings is 2. The Morgan fingerprint density at radius 1 is 1.03 bits per heavy atom. The predicted molar refractivity (Wildman–Crippen MR) is 144 cm³/mol. The Hall–Kier alpha value is -2.82. The molecule has 0 N–H and O–H groups in total. The molecule has 3 atom stereocenters. The highest BCUT2D eigenvalue weighted by molar-refractivity contribution is 7.89. The SMILES string of the molecule is CCCN(CCN1C[C@H](c2ccc3c(c2)OCO3)[C@@H](C(=O)OCC)[C@@H]1c1ccc(OC)cc1)S(=O)(=O)CC. The van der Waals surface area contributed by atoms with E-state index in [4.69, 9.17) is 18.9 Å².